The number of hydroxylamine groups is 1. The molecule has 2 aromatic rings. The zero-order chi connectivity index (χ0) is 23.3. The fraction of sp³-hybridized carbons (Fsp3) is 0.364. The predicted molar refractivity (Wildman–Crippen MR) is 115 cm³/mol. The minimum Gasteiger partial charge on any atom is -0.356 e. The lowest BCUT2D eigenvalue weighted by Crippen LogP contribution is -2.42. The molecule has 0 spiro atoms. The molecule has 172 valence electrons. The number of non-ortho nitro benzene ring substituents is 1. The number of nitro groups is 1. The van der Waals surface area contributed by atoms with Gasteiger partial charge < -0.3 is 14.8 Å². The molecule has 0 aliphatic heterocycles. The van der Waals surface area contributed by atoms with Gasteiger partial charge >= 0.3 is 0 Å². The summed E-state index contributed by atoms with van der Waals surface area (Å²) in [6, 6.07) is 13.9. The number of rotatable bonds is 13. The Hall–Kier alpha value is -3.34. The third-order valence-electron chi connectivity index (χ3n) is 4.74. The van der Waals surface area contributed by atoms with Gasteiger partial charge in [-0.2, -0.15) is 0 Å². The topological polar surface area (TPSA) is 140 Å². The maximum atomic E-state index is 12.7. The Labute approximate surface area is 185 Å². The molecule has 0 aromatic heterocycles. The standard InChI is InChI=1S/C22H27N3O7/c1-2-31-15-32-14-19(23-21(26)17-8-10-20(11-9-17)25(29)30)13-18(22(27)24-28)12-16-6-4-3-5-7-16/h3-11,18-19,28H,2,12-15H2,1H3,(H,23,26)(H,24,27)/t18-,19-/m0/s1. The average Bonchev–Trinajstić information content (AvgIpc) is 2.81. The van der Waals surface area contributed by atoms with E-state index in [1.165, 1.54) is 24.3 Å². The van der Waals surface area contributed by atoms with Gasteiger partial charge in [0.15, 0.2) is 0 Å². The number of ether oxygens (including phenoxy) is 2. The summed E-state index contributed by atoms with van der Waals surface area (Å²) in [6.45, 7) is 2.38. The normalized spacial score (nSPS) is 12.6. The van der Waals surface area contributed by atoms with Crippen LogP contribution in [0.15, 0.2) is 54.6 Å². The summed E-state index contributed by atoms with van der Waals surface area (Å²) in [4.78, 5) is 35.2. The van der Waals surface area contributed by atoms with E-state index < -0.39 is 28.7 Å². The zero-order valence-corrected chi connectivity index (χ0v) is 17.7. The van der Waals surface area contributed by atoms with E-state index >= 15 is 0 Å². The van der Waals surface area contributed by atoms with E-state index in [1.807, 2.05) is 37.3 Å². The van der Waals surface area contributed by atoms with Crippen LogP contribution in [0.5, 0.6) is 0 Å². The van der Waals surface area contributed by atoms with Crippen molar-refractivity contribution in [1.82, 2.24) is 10.8 Å². The van der Waals surface area contributed by atoms with E-state index in [-0.39, 0.29) is 31.1 Å². The van der Waals surface area contributed by atoms with Gasteiger partial charge in [0.05, 0.1) is 17.6 Å². The molecule has 32 heavy (non-hydrogen) atoms. The lowest BCUT2D eigenvalue weighted by atomic mass is 9.92. The fourth-order valence-electron chi connectivity index (χ4n) is 3.12. The summed E-state index contributed by atoms with van der Waals surface area (Å²) >= 11 is 0. The third kappa shape index (κ3) is 8.06. The molecule has 2 aromatic carbocycles. The summed E-state index contributed by atoms with van der Waals surface area (Å²) in [6.07, 6.45) is 0.536. The molecule has 2 atom stereocenters. The van der Waals surface area contributed by atoms with Crippen molar-refractivity contribution in [2.75, 3.05) is 20.0 Å². The Bertz CT molecular complexity index is 875. The van der Waals surface area contributed by atoms with Gasteiger partial charge in [0.1, 0.15) is 6.79 Å². The highest BCUT2D eigenvalue weighted by molar-refractivity contribution is 5.94. The molecule has 0 aliphatic rings. The Morgan fingerprint density at radius 1 is 1.09 bits per heavy atom. The Morgan fingerprint density at radius 3 is 2.38 bits per heavy atom. The molecule has 3 N–H and O–H groups in total. The summed E-state index contributed by atoms with van der Waals surface area (Å²) in [7, 11) is 0. The van der Waals surface area contributed by atoms with Crippen LogP contribution < -0.4 is 10.8 Å². The second kappa shape index (κ2) is 13.2. The molecule has 0 fully saturated rings. The molecule has 0 radical (unpaired) electrons. The number of nitrogens with zero attached hydrogens (tertiary/aromatic N) is 1. The first-order valence-corrected chi connectivity index (χ1v) is 10.1. The highest BCUT2D eigenvalue weighted by Crippen LogP contribution is 2.17. The van der Waals surface area contributed by atoms with Crippen molar-refractivity contribution in [1.29, 1.82) is 0 Å². The SMILES string of the molecule is CCOCOC[C@H](C[C@H](Cc1ccccc1)C(=O)NO)NC(=O)c1ccc([N+](=O)[O-])cc1. The molecule has 0 unspecified atom stereocenters. The van der Waals surface area contributed by atoms with Crippen molar-refractivity contribution in [3.63, 3.8) is 0 Å². The van der Waals surface area contributed by atoms with Gasteiger partial charge in [-0.3, -0.25) is 24.9 Å². The number of carbonyl (C=O) groups is 2. The molecular weight excluding hydrogens is 418 g/mol. The minimum atomic E-state index is -0.639. The van der Waals surface area contributed by atoms with E-state index in [1.54, 1.807) is 5.48 Å². The van der Waals surface area contributed by atoms with Crippen LogP contribution in [0.2, 0.25) is 0 Å². The van der Waals surface area contributed by atoms with Gasteiger partial charge in [0.25, 0.3) is 11.6 Å². The van der Waals surface area contributed by atoms with E-state index in [0.717, 1.165) is 5.56 Å². The van der Waals surface area contributed by atoms with Gasteiger partial charge in [-0.1, -0.05) is 30.3 Å². The summed E-state index contributed by atoms with van der Waals surface area (Å²) in [5, 5.41) is 22.8. The minimum absolute atomic E-state index is 0.0238. The number of hydrogen-bond donors (Lipinski definition) is 3. The number of hydrogen-bond acceptors (Lipinski definition) is 7. The number of nitrogens with one attached hydrogen (secondary N) is 2. The molecule has 10 heteroatoms. The fourth-order valence-corrected chi connectivity index (χ4v) is 3.12. The Balaban J connectivity index is 2.12. The van der Waals surface area contributed by atoms with Crippen LogP contribution in [0.4, 0.5) is 5.69 Å². The van der Waals surface area contributed by atoms with Crippen molar-refractivity contribution >= 4 is 17.5 Å². The van der Waals surface area contributed by atoms with Gasteiger partial charge in [-0.25, -0.2) is 5.48 Å². The Morgan fingerprint density at radius 2 is 1.78 bits per heavy atom. The van der Waals surface area contributed by atoms with Crippen LogP contribution >= 0.6 is 0 Å². The second-order valence-electron chi connectivity index (χ2n) is 7.05. The van der Waals surface area contributed by atoms with Crippen LogP contribution in [-0.2, 0) is 20.7 Å². The van der Waals surface area contributed by atoms with Gasteiger partial charge in [0, 0.05) is 30.2 Å². The molecule has 10 nitrogen and oxygen atoms in total. The second-order valence-corrected chi connectivity index (χ2v) is 7.05. The first-order chi connectivity index (χ1) is 15.4. The van der Waals surface area contributed by atoms with Crippen LogP contribution in [0, 0.1) is 16.0 Å². The molecule has 0 aliphatic carbocycles. The monoisotopic (exact) mass is 445 g/mol. The Kier molecular flexibility index (Phi) is 10.2. The maximum Gasteiger partial charge on any atom is 0.269 e. The van der Waals surface area contributed by atoms with E-state index in [2.05, 4.69) is 5.32 Å². The van der Waals surface area contributed by atoms with Crippen LogP contribution in [0.1, 0.15) is 29.3 Å². The first kappa shape index (κ1) is 24.9. The lowest BCUT2D eigenvalue weighted by Gasteiger charge is -2.24. The first-order valence-electron chi connectivity index (χ1n) is 10.1. The largest absolute Gasteiger partial charge is 0.356 e. The van der Waals surface area contributed by atoms with Gasteiger partial charge in [-0.05, 0) is 37.5 Å². The molecule has 0 saturated carbocycles. The van der Waals surface area contributed by atoms with Gasteiger partial charge in [0.2, 0.25) is 5.91 Å². The third-order valence-corrected chi connectivity index (χ3v) is 4.74. The molecule has 2 rings (SSSR count). The quantitative estimate of drug-likeness (QED) is 0.141. The maximum absolute atomic E-state index is 12.7. The summed E-state index contributed by atoms with van der Waals surface area (Å²) < 4.78 is 10.6. The van der Waals surface area contributed by atoms with Crippen molar-refractivity contribution in [2.24, 2.45) is 5.92 Å². The van der Waals surface area contributed by atoms with Crippen molar-refractivity contribution < 1.29 is 29.2 Å². The molecule has 0 heterocycles. The zero-order valence-electron chi connectivity index (χ0n) is 17.7. The number of amides is 2. The highest BCUT2D eigenvalue weighted by Gasteiger charge is 2.25. The molecular formula is C22H27N3O7. The molecule has 0 bridgehead atoms. The van der Waals surface area contributed by atoms with Crippen molar-refractivity contribution in [3.8, 4) is 0 Å². The van der Waals surface area contributed by atoms with Crippen LogP contribution in [-0.4, -0.2) is 48.0 Å². The van der Waals surface area contributed by atoms with E-state index in [9.17, 15) is 24.9 Å². The van der Waals surface area contributed by atoms with Crippen LogP contribution in [0.25, 0.3) is 0 Å². The predicted octanol–water partition coefficient (Wildman–Crippen LogP) is 2.46. The number of carbonyl (C=O) groups excluding carboxylic acids is 2. The highest BCUT2D eigenvalue weighted by atomic mass is 16.7. The summed E-state index contributed by atoms with van der Waals surface area (Å²) in [5.74, 6) is -1.68. The number of benzene rings is 2. The van der Waals surface area contributed by atoms with Crippen LogP contribution in [0.3, 0.4) is 0 Å². The van der Waals surface area contributed by atoms with Crippen molar-refractivity contribution in [3.05, 3.63) is 75.8 Å². The van der Waals surface area contributed by atoms with Gasteiger partial charge in [-0.15, -0.1) is 0 Å². The number of nitro benzene ring substituents is 1. The molecule has 0 saturated heterocycles. The summed E-state index contributed by atoms with van der Waals surface area (Å²) in [5.41, 5.74) is 2.70. The molecule has 2 amide bonds. The van der Waals surface area contributed by atoms with E-state index in [0.29, 0.717) is 13.0 Å². The average molecular weight is 445 g/mol. The smallest absolute Gasteiger partial charge is 0.269 e. The lowest BCUT2D eigenvalue weighted by molar-refractivity contribution is -0.384. The van der Waals surface area contributed by atoms with E-state index in [4.69, 9.17) is 9.47 Å². The van der Waals surface area contributed by atoms with Crippen molar-refractivity contribution in [2.45, 2.75) is 25.8 Å².